The number of nitrogens with zero attached hydrogens (tertiary/aromatic N) is 8. The van der Waals surface area contributed by atoms with Crippen molar-refractivity contribution >= 4 is 11.5 Å². The number of hydrogen-bond donors (Lipinski definition) is 0. The van der Waals surface area contributed by atoms with Gasteiger partial charge in [-0.05, 0) is 76.3 Å². The number of para-hydroxylation sites is 1. The molecule has 1 unspecified atom stereocenters. The lowest BCUT2D eigenvalue weighted by Gasteiger charge is -2.48. The predicted octanol–water partition coefficient (Wildman–Crippen LogP) is 22.8. The van der Waals surface area contributed by atoms with Gasteiger partial charge in [0.1, 0.15) is 25.3 Å². The van der Waals surface area contributed by atoms with Gasteiger partial charge in [-0.1, -0.05) is 291 Å². The van der Waals surface area contributed by atoms with Crippen LogP contribution in [-0.2, 0) is 19.6 Å². The number of benzene rings is 4. The zero-order chi connectivity index (χ0) is 72.1. The summed E-state index contributed by atoms with van der Waals surface area (Å²) in [6.45, 7) is 33.7. The van der Waals surface area contributed by atoms with E-state index in [0.717, 1.165) is 28.6 Å². The Morgan fingerprint density at radius 1 is 0.343 bits per heavy atom. The van der Waals surface area contributed by atoms with E-state index in [1.165, 1.54) is 363 Å². The second-order valence-electron chi connectivity index (χ2n) is 33.9. The molecule has 0 spiro atoms. The molecule has 8 heteroatoms. The first-order valence-electron chi connectivity index (χ1n) is 42.2. The Morgan fingerprint density at radius 2 is 0.687 bits per heavy atom. The second kappa shape index (κ2) is 54.0. The maximum Gasteiger partial charge on any atom is 0.197 e. The predicted molar refractivity (Wildman–Crippen MR) is 441 cm³/mol. The molecule has 564 valence electrons. The standard InChI is InChI=1S/C30H64N.C19H34N.C15H18N.C10H19N2.C10H16N.C7H15N2/c1-5-7-9-11-13-15-17-19-21-23-25-27-29-31(3,4)30-28-26-24-22-20-18-16-14-12-10-8-6-2;1-4-7-15-20(16-8-5-2,17-9-6-3)18-19-13-11-10-12-14-19;1-16(2,15-11-7-4-8-12-15)13-14-9-5-3-6-10-14;1-12-8-4-2-3-6-10(12)11-7-5-9-12;1-11(2,3)9-10-7-5-4-6-8-10;1-9-5-2-8(3-6-9)4-7-9/h5-30H2,1-4H3;10-14H,4-9,15-18H2,1-3H3;3-12H,13H2,1-2H3;2-9H2,1H3;4-8H,9H2,1-3H3;2-7H2,1H3/q6*+1. The normalized spacial score (nSPS) is 18.2. The molecule has 1 atom stereocenters. The van der Waals surface area contributed by atoms with Gasteiger partial charge in [-0.25, -0.2) is 4.99 Å². The number of aliphatic imine (C=N–C) groups is 1. The number of piperazine rings is 3. The lowest BCUT2D eigenvalue weighted by molar-refractivity contribution is -0.941. The molecule has 5 aliphatic rings. The highest BCUT2D eigenvalue weighted by molar-refractivity contribution is 5.76. The average molecular weight is 1370 g/mol. The van der Waals surface area contributed by atoms with Gasteiger partial charge in [0.05, 0.1) is 129 Å². The van der Waals surface area contributed by atoms with Crippen molar-refractivity contribution in [3.05, 3.63) is 138 Å². The number of quaternary nitrogens is 6. The lowest BCUT2D eigenvalue weighted by Crippen LogP contribution is -2.65. The number of likely N-dealkylation sites (N-methyl/N-ethyl adjacent to an activating group) is 1. The monoisotopic (exact) mass is 1370 g/mol. The largest absolute Gasteiger partial charge is 0.328 e. The Kier molecular flexibility index (Phi) is 48.8. The fourth-order valence-corrected chi connectivity index (χ4v) is 15.2. The quantitative estimate of drug-likeness (QED) is 0.0319. The minimum Gasteiger partial charge on any atom is -0.328 e. The van der Waals surface area contributed by atoms with Crippen molar-refractivity contribution < 1.29 is 22.4 Å². The summed E-state index contributed by atoms with van der Waals surface area (Å²) < 4.78 is 6.93. The van der Waals surface area contributed by atoms with Crippen molar-refractivity contribution in [2.24, 2.45) is 4.99 Å². The summed E-state index contributed by atoms with van der Waals surface area (Å²) in [5, 5.41) is 0. The number of amidine groups is 1. The molecule has 9 rings (SSSR count). The van der Waals surface area contributed by atoms with Gasteiger partial charge in [-0.15, -0.1) is 0 Å². The fraction of sp³-hybridized carbons (Fsp3) is 0.725. The third-order valence-corrected chi connectivity index (χ3v) is 22.1. The van der Waals surface area contributed by atoms with Crippen molar-refractivity contribution in [1.82, 2.24) is 9.38 Å². The minimum absolute atomic E-state index is 0.880. The maximum absolute atomic E-state index is 4.67. The summed E-state index contributed by atoms with van der Waals surface area (Å²) in [4.78, 5) is 7.24. The van der Waals surface area contributed by atoms with E-state index < -0.39 is 0 Å². The van der Waals surface area contributed by atoms with Crippen LogP contribution in [0.2, 0.25) is 0 Å². The summed E-state index contributed by atoms with van der Waals surface area (Å²) >= 11 is 0. The first kappa shape index (κ1) is 89.5. The molecule has 0 aliphatic carbocycles. The van der Waals surface area contributed by atoms with Crippen LogP contribution in [0.4, 0.5) is 5.69 Å². The van der Waals surface area contributed by atoms with Gasteiger partial charge in [-0.3, -0.25) is 13.9 Å². The molecule has 2 bridgehead atoms. The molecule has 0 N–H and O–H groups in total. The number of rotatable bonds is 42. The van der Waals surface area contributed by atoms with Gasteiger partial charge in [0.15, 0.2) is 5.84 Å². The Bertz CT molecular complexity index is 2410. The van der Waals surface area contributed by atoms with Crippen molar-refractivity contribution in [3.63, 3.8) is 0 Å². The third-order valence-electron chi connectivity index (χ3n) is 22.1. The van der Waals surface area contributed by atoms with Crippen LogP contribution in [0.25, 0.3) is 0 Å². The van der Waals surface area contributed by atoms with Crippen LogP contribution in [-0.4, -0.2) is 188 Å². The van der Waals surface area contributed by atoms with Gasteiger partial charge in [-0.2, -0.15) is 0 Å². The number of unbranched alkanes of at least 4 members (excludes halogenated alkanes) is 25. The van der Waals surface area contributed by atoms with Crippen molar-refractivity contribution in [2.75, 3.05) is 155 Å². The summed E-state index contributed by atoms with van der Waals surface area (Å²) in [5.74, 6) is 1.48. The third kappa shape index (κ3) is 43.9. The topological polar surface area (TPSA) is 15.6 Å². The van der Waals surface area contributed by atoms with Gasteiger partial charge in [0.2, 0.25) is 0 Å². The zero-order valence-corrected chi connectivity index (χ0v) is 68.4. The van der Waals surface area contributed by atoms with Gasteiger partial charge in [0, 0.05) is 55.7 Å². The molecule has 99 heavy (non-hydrogen) atoms. The van der Waals surface area contributed by atoms with E-state index in [1.807, 2.05) is 0 Å². The second-order valence-corrected chi connectivity index (χ2v) is 33.9. The molecule has 4 fully saturated rings. The molecule has 4 saturated heterocycles. The van der Waals surface area contributed by atoms with Gasteiger partial charge >= 0.3 is 0 Å². The van der Waals surface area contributed by atoms with E-state index in [4.69, 9.17) is 0 Å². The Hall–Kier alpha value is -3.73. The van der Waals surface area contributed by atoms with E-state index in [1.54, 1.807) is 0 Å². The molecule has 4 aromatic rings. The van der Waals surface area contributed by atoms with Gasteiger partial charge < -0.3 is 17.9 Å². The van der Waals surface area contributed by atoms with Crippen LogP contribution in [0, 0.1) is 0 Å². The molecule has 5 heterocycles. The highest BCUT2D eigenvalue weighted by atomic mass is 15.4. The lowest BCUT2D eigenvalue weighted by atomic mass is 10.0. The van der Waals surface area contributed by atoms with Crippen molar-refractivity contribution in [1.29, 1.82) is 0 Å². The zero-order valence-electron chi connectivity index (χ0n) is 68.4. The number of fused-ring (bicyclic) bond motifs is 4. The van der Waals surface area contributed by atoms with Crippen LogP contribution >= 0.6 is 0 Å². The Labute approximate surface area is 617 Å². The summed E-state index contributed by atoms with van der Waals surface area (Å²) in [5.41, 5.74) is 5.62. The van der Waals surface area contributed by atoms with E-state index in [2.05, 4.69) is 229 Å². The summed E-state index contributed by atoms with van der Waals surface area (Å²) in [6, 6.07) is 42.9. The molecule has 0 aromatic heterocycles. The van der Waals surface area contributed by atoms with Crippen molar-refractivity contribution in [2.45, 2.75) is 279 Å². The van der Waals surface area contributed by atoms with Crippen molar-refractivity contribution in [3.8, 4) is 0 Å². The highest BCUT2D eigenvalue weighted by Gasteiger charge is 2.35. The van der Waals surface area contributed by atoms with Crippen LogP contribution in [0.1, 0.15) is 276 Å². The van der Waals surface area contributed by atoms with Crippen LogP contribution in [0.3, 0.4) is 0 Å². The summed E-state index contributed by atoms with van der Waals surface area (Å²) in [7, 11) is 20.7. The van der Waals surface area contributed by atoms with E-state index in [9.17, 15) is 0 Å². The average Bonchev–Trinajstić information content (AvgIpc) is 1.71. The van der Waals surface area contributed by atoms with E-state index >= 15 is 0 Å². The van der Waals surface area contributed by atoms with Crippen LogP contribution < -0.4 is 4.48 Å². The molecule has 8 nitrogen and oxygen atoms in total. The van der Waals surface area contributed by atoms with Crippen LogP contribution in [0.5, 0.6) is 0 Å². The first-order valence-corrected chi connectivity index (χ1v) is 42.2. The number of hydrogen-bond acceptors (Lipinski definition) is 2. The SMILES string of the molecule is CCCCCCCCCCCCCC[N+](C)(C)CCCCCCCCCCCCCC.CCCC[N+](CCCC)(CCCC)Cc1ccccc1.C[N+](C)(C)Cc1ccccc1.C[N+](C)(Cc1ccccc1)c1ccccc1.C[N+]12CCCCCC1=NCCC2.C[N+]12CCN(CC1)CC2. The molecule has 0 radical (unpaired) electrons. The molecular formula is C91H166N8+6. The van der Waals surface area contributed by atoms with E-state index in [-0.39, 0.29) is 0 Å². The van der Waals surface area contributed by atoms with Crippen LogP contribution in [0.15, 0.2) is 126 Å². The molecule has 4 aromatic carbocycles. The Balaban J connectivity index is 0.000000324. The minimum atomic E-state index is 0.880. The first-order chi connectivity index (χ1) is 47.7. The van der Waals surface area contributed by atoms with Gasteiger partial charge in [0.25, 0.3) is 0 Å². The smallest absolute Gasteiger partial charge is 0.197 e. The Morgan fingerprint density at radius 3 is 1.05 bits per heavy atom. The maximum atomic E-state index is 4.67. The highest BCUT2D eigenvalue weighted by Crippen LogP contribution is 2.25. The molecule has 5 aliphatic heterocycles. The summed E-state index contributed by atoms with van der Waals surface area (Å²) in [6.07, 6.45) is 49.7. The van der Waals surface area contributed by atoms with E-state index in [0.29, 0.717) is 0 Å². The molecular weight excluding hydrogens is 1210 g/mol. The molecule has 0 saturated carbocycles. The fourth-order valence-electron chi connectivity index (χ4n) is 15.2. The molecule has 0 amide bonds.